The normalized spacial score (nSPS) is 14.1. The van der Waals surface area contributed by atoms with Gasteiger partial charge in [-0.25, -0.2) is 9.38 Å². The van der Waals surface area contributed by atoms with Crippen LogP contribution in [0, 0.1) is 5.82 Å². The number of hydrogen-bond donors (Lipinski definition) is 3. The molecule has 154 valence electrons. The Balaban J connectivity index is 2.13. The first-order valence-electron chi connectivity index (χ1n) is 8.68. The van der Waals surface area contributed by atoms with Crippen LogP contribution in [-0.4, -0.2) is 40.5 Å². The minimum Gasteiger partial charge on any atom is -0.434 e. The third-order valence-electron chi connectivity index (χ3n) is 3.96. The second-order valence-electron chi connectivity index (χ2n) is 6.32. The van der Waals surface area contributed by atoms with Gasteiger partial charge in [-0.1, -0.05) is 6.07 Å². The van der Waals surface area contributed by atoms with Gasteiger partial charge >= 0.3 is 6.61 Å². The van der Waals surface area contributed by atoms with Gasteiger partial charge in [-0.3, -0.25) is 4.68 Å². The number of guanidine groups is 1. The molecule has 3 N–H and O–H groups in total. The highest BCUT2D eigenvalue weighted by Gasteiger charge is 2.25. The summed E-state index contributed by atoms with van der Waals surface area (Å²) in [6.07, 6.45) is 3.25. The Labute approximate surface area is 161 Å². The van der Waals surface area contributed by atoms with Crippen molar-refractivity contribution in [1.29, 1.82) is 0 Å². The Bertz CT molecular complexity index is 808. The highest BCUT2D eigenvalue weighted by Crippen LogP contribution is 2.24. The van der Waals surface area contributed by atoms with Gasteiger partial charge in [-0.2, -0.15) is 13.9 Å². The largest absolute Gasteiger partial charge is 0.434 e. The molecule has 0 bridgehead atoms. The fourth-order valence-electron chi connectivity index (χ4n) is 2.46. The van der Waals surface area contributed by atoms with Gasteiger partial charge in [0.25, 0.3) is 0 Å². The van der Waals surface area contributed by atoms with Crippen molar-refractivity contribution in [2.45, 2.75) is 32.6 Å². The summed E-state index contributed by atoms with van der Waals surface area (Å²) in [5.41, 5.74) is -0.703. The fraction of sp³-hybridized carbons (Fsp3) is 0.444. The summed E-state index contributed by atoms with van der Waals surface area (Å²) in [6, 6.07) is 3.69. The Morgan fingerprint density at radius 1 is 1.39 bits per heavy atom. The number of hydrogen-bond acceptors (Lipinski definition) is 4. The second-order valence-corrected chi connectivity index (χ2v) is 6.32. The maximum Gasteiger partial charge on any atom is 0.387 e. The summed E-state index contributed by atoms with van der Waals surface area (Å²) in [5.74, 6) is -0.671. The Kier molecular flexibility index (Phi) is 7.27. The number of ether oxygens (including phenoxy) is 1. The van der Waals surface area contributed by atoms with Crippen LogP contribution in [0.4, 0.5) is 13.2 Å². The zero-order valence-electron chi connectivity index (χ0n) is 15.9. The summed E-state index contributed by atoms with van der Waals surface area (Å²) in [7, 11) is 1.74. The molecule has 0 radical (unpaired) electrons. The van der Waals surface area contributed by atoms with Gasteiger partial charge in [0.15, 0.2) is 5.96 Å². The lowest BCUT2D eigenvalue weighted by molar-refractivity contribution is -0.0506. The van der Waals surface area contributed by atoms with Crippen LogP contribution in [0.15, 0.2) is 35.6 Å². The molecule has 1 aromatic heterocycles. The molecule has 1 unspecified atom stereocenters. The van der Waals surface area contributed by atoms with E-state index in [9.17, 15) is 18.3 Å². The molecule has 0 fully saturated rings. The highest BCUT2D eigenvalue weighted by molar-refractivity contribution is 5.79. The van der Waals surface area contributed by atoms with E-state index in [1.807, 2.05) is 6.92 Å². The van der Waals surface area contributed by atoms with Crippen molar-refractivity contribution in [2.75, 3.05) is 13.1 Å². The molecule has 10 heteroatoms. The molecule has 0 spiro atoms. The van der Waals surface area contributed by atoms with Crippen LogP contribution in [0.2, 0.25) is 0 Å². The summed E-state index contributed by atoms with van der Waals surface area (Å²) in [6.45, 7) is 0.780. The number of aromatic nitrogens is 2. The first-order chi connectivity index (χ1) is 13.2. The van der Waals surface area contributed by atoms with Crippen molar-refractivity contribution in [3.8, 4) is 5.75 Å². The monoisotopic (exact) mass is 399 g/mol. The molecule has 7 nitrogen and oxygen atoms in total. The summed E-state index contributed by atoms with van der Waals surface area (Å²) in [4.78, 5) is 4.21. The van der Waals surface area contributed by atoms with Crippen LogP contribution in [0.1, 0.15) is 25.0 Å². The van der Waals surface area contributed by atoms with Gasteiger partial charge in [-0.05, 0) is 26.0 Å². The standard InChI is InChI=1S/C18H24F3N5O2/c1-4-22-17(24-11-18(2,27)12-8-25-26(3)10-12)23-9-13-14(19)6-5-7-15(13)28-16(20)21/h5-8,10,16,27H,4,9,11H2,1-3H3,(H2,22,23,24). The lowest BCUT2D eigenvalue weighted by Crippen LogP contribution is -2.44. The number of aliphatic imine (C=N–C) groups is 1. The van der Waals surface area contributed by atoms with E-state index in [4.69, 9.17) is 0 Å². The van der Waals surface area contributed by atoms with Crippen LogP contribution < -0.4 is 15.4 Å². The van der Waals surface area contributed by atoms with E-state index in [-0.39, 0.29) is 30.4 Å². The van der Waals surface area contributed by atoms with Crippen molar-refractivity contribution >= 4 is 5.96 Å². The number of nitrogens with zero attached hydrogens (tertiary/aromatic N) is 3. The number of benzene rings is 1. The fourth-order valence-corrected chi connectivity index (χ4v) is 2.46. The third-order valence-corrected chi connectivity index (χ3v) is 3.96. The molecule has 0 amide bonds. The molecule has 2 rings (SSSR count). The van der Waals surface area contributed by atoms with E-state index in [0.717, 1.165) is 6.07 Å². The van der Waals surface area contributed by atoms with Crippen molar-refractivity contribution in [2.24, 2.45) is 12.0 Å². The van der Waals surface area contributed by atoms with E-state index in [0.29, 0.717) is 12.1 Å². The quantitative estimate of drug-likeness (QED) is 0.468. The van der Waals surface area contributed by atoms with Gasteiger partial charge in [0.05, 0.1) is 24.8 Å². The van der Waals surface area contributed by atoms with Crippen molar-refractivity contribution < 1.29 is 23.0 Å². The van der Waals surface area contributed by atoms with Crippen LogP contribution in [0.5, 0.6) is 5.75 Å². The van der Waals surface area contributed by atoms with Gasteiger partial charge in [-0.15, -0.1) is 0 Å². The molecule has 0 saturated heterocycles. The zero-order valence-corrected chi connectivity index (χ0v) is 15.9. The number of halogens is 3. The number of rotatable bonds is 8. The third kappa shape index (κ3) is 5.88. The topological polar surface area (TPSA) is 83.7 Å². The number of nitrogens with one attached hydrogen (secondary N) is 2. The van der Waals surface area contributed by atoms with Crippen molar-refractivity contribution in [3.63, 3.8) is 0 Å². The summed E-state index contributed by atoms with van der Waals surface area (Å²) >= 11 is 0. The van der Waals surface area contributed by atoms with Crippen LogP contribution in [0.25, 0.3) is 0 Å². The van der Waals surface area contributed by atoms with Crippen molar-refractivity contribution in [3.05, 3.63) is 47.5 Å². The number of alkyl halides is 2. The van der Waals surface area contributed by atoms with E-state index in [1.54, 1.807) is 31.0 Å². The average Bonchev–Trinajstić information content (AvgIpc) is 3.06. The van der Waals surface area contributed by atoms with Gasteiger partial charge in [0, 0.05) is 25.4 Å². The predicted octanol–water partition coefficient (Wildman–Crippen LogP) is 2.12. The molecule has 0 aliphatic carbocycles. The van der Waals surface area contributed by atoms with E-state index in [2.05, 4.69) is 25.5 Å². The lowest BCUT2D eigenvalue weighted by atomic mass is 10.00. The number of aryl methyl sites for hydroxylation is 1. The van der Waals surface area contributed by atoms with E-state index in [1.165, 1.54) is 12.1 Å². The minimum absolute atomic E-state index is 0.0842. The van der Waals surface area contributed by atoms with E-state index >= 15 is 0 Å². The minimum atomic E-state index is -3.06. The van der Waals surface area contributed by atoms with Gasteiger partial charge in [0.1, 0.15) is 17.2 Å². The first-order valence-corrected chi connectivity index (χ1v) is 8.68. The highest BCUT2D eigenvalue weighted by atomic mass is 19.3. The average molecular weight is 399 g/mol. The number of aliphatic hydroxyl groups is 1. The molecule has 1 aromatic carbocycles. The van der Waals surface area contributed by atoms with E-state index < -0.39 is 18.0 Å². The van der Waals surface area contributed by atoms with Crippen LogP contribution >= 0.6 is 0 Å². The molecular formula is C18H24F3N5O2. The SMILES string of the molecule is CCNC(=NCc1c(F)cccc1OC(F)F)NCC(C)(O)c1cnn(C)c1. The Hall–Kier alpha value is -2.75. The first kappa shape index (κ1) is 21.5. The molecule has 28 heavy (non-hydrogen) atoms. The zero-order chi connectivity index (χ0) is 20.7. The van der Waals surface area contributed by atoms with Gasteiger partial charge in [0.2, 0.25) is 0 Å². The molecule has 0 saturated carbocycles. The van der Waals surface area contributed by atoms with Crippen LogP contribution in [-0.2, 0) is 19.2 Å². The Morgan fingerprint density at radius 3 is 2.75 bits per heavy atom. The maximum atomic E-state index is 14.1. The molecule has 1 atom stereocenters. The summed E-state index contributed by atoms with van der Waals surface area (Å²) < 4.78 is 45.0. The van der Waals surface area contributed by atoms with Gasteiger partial charge < -0.3 is 20.5 Å². The molecule has 2 aromatic rings. The molecular weight excluding hydrogens is 375 g/mol. The smallest absolute Gasteiger partial charge is 0.387 e. The molecule has 0 aliphatic rings. The Morgan fingerprint density at radius 2 is 2.14 bits per heavy atom. The van der Waals surface area contributed by atoms with Crippen molar-refractivity contribution in [1.82, 2.24) is 20.4 Å². The second kappa shape index (κ2) is 9.45. The predicted molar refractivity (Wildman–Crippen MR) is 98.6 cm³/mol. The molecule has 1 heterocycles. The molecule has 0 aliphatic heterocycles. The summed E-state index contributed by atoms with van der Waals surface area (Å²) in [5, 5.41) is 20.6. The maximum absolute atomic E-state index is 14.1. The van der Waals surface area contributed by atoms with Crippen LogP contribution in [0.3, 0.4) is 0 Å². The lowest BCUT2D eigenvalue weighted by Gasteiger charge is -2.23.